The van der Waals surface area contributed by atoms with Crippen LogP contribution in [0, 0.1) is 6.92 Å². The molecular formula is C15H15N3S. The minimum atomic E-state index is 0.818. The number of benzene rings is 2. The number of fused-ring (bicyclic) bond motifs is 1. The largest absolute Gasteiger partial charge is 0.398 e. The number of aromatic nitrogens is 2. The monoisotopic (exact) mass is 269 g/mol. The molecule has 0 bridgehead atoms. The van der Waals surface area contributed by atoms with E-state index < -0.39 is 0 Å². The van der Waals surface area contributed by atoms with Crippen LogP contribution in [-0.4, -0.2) is 9.97 Å². The molecule has 2 aromatic carbocycles. The topological polar surface area (TPSA) is 54.7 Å². The zero-order chi connectivity index (χ0) is 13.2. The number of hydrogen-bond acceptors (Lipinski definition) is 3. The number of nitrogens with zero attached hydrogens (tertiary/aromatic N) is 1. The molecule has 0 saturated heterocycles. The maximum atomic E-state index is 5.91. The first-order valence-corrected chi connectivity index (χ1v) is 7.14. The van der Waals surface area contributed by atoms with Gasteiger partial charge in [-0.25, -0.2) is 4.98 Å². The smallest absolute Gasteiger partial charge is 0.117 e. The van der Waals surface area contributed by atoms with Crippen molar-refractivity contribution in [2.24, 2.45) is 0 Å². The van der Waals surface area contributed by atoms with Crippen molar-refractivity contribution in [3.63, 3.8) is 0 Å². The molecule has 3 aromatic rings. The highest BCUT2D eigenvalue weighted by Gasteiger charge is 2.05. The predicted molar refractivity (Wildman–Crippen MR) is 81.2 cm³/mol. The summed E-state index contributed by atoms with van der Waals surface area (Å²) in [4.78, 5) is 9.12. The minimum Gasteiger partial charge on any atom is -0.398 e. The molecule has 1 aromatic heterocycles. The van der Waals surface area contributed by atoms with E-state index >= 15 is 0 Å². The van der Waals surface area contributed by atoms with Crippen LogP contribution in [0.1, 0.15) is 11.4 Å². The van der Waals surface area contributed by atoms with Crippen molar-refractivity contribution < 1.29 is 0 Å². The van der Waals surface area contributed by atoms with Crippen LogP contribution in [0.3, 0.4) is 0 Å². The number of hydrogen-bond donors (Lipinski definition) is 2. The van der Waals surface area contributed by atoms with Crippen molar-refractivity contribution in [1.29, 1.82) is 0 Å². The normalized spacial score (nSPS) is 11.0. The molecule has 0 saturated carbocycles. The lowest BCUT2D eigenvalue weighted by Gasteiger charge is -2.06. The average molecular weight is 269 g/mol. The van der Waals surface area contributed by atoms with E-state index in [4.69, 9.17) is 5.73 Å². The zero-order valence-electron chi connectivity index (χ0n) is 10.7. The van der Waals surface area contributed by atoms with Gasteiger partial charge in [0.2, 0.25) is 0 Å². The van der Waals surface area contributed by atoms with Crippen molar-refractivity contribution in [2.45, 2.75) is 17.6 Å². The molecule has 96 valence electrons. The minimum absolute atomic E-state index is 0.818. The molecule has 0 amide bonds. The highest BCUT2D eigenvalue weighted by atomic mass is 32.2. The van der Waals surface area contributed by atoms with Gasteiger partial charge in [-0.05, 0) is 36.8 Å². The Morgan fingerprint density at radius 1 is 1.16 bits per heavy atom. The third-order valence-corrected chi connectivity index (χ3v) is 4.30. The number of imidazole rings is 1. The number of para-hydroxylation sites is 2. The summed E-state index contributed by atoms with van der Waals surface area (Å²) >= 11 is 1.76. The molecule has 1 heterocycles. The van der Waals surface area contributed by atoms with Crippen LogP contribution in [0.25, 0.3) is 11.0 Å². The highest BCUT2D eigenvalue weighted by Crippen LogP contribution is 2.28. The number of nitrogens with two attached hydrogens (primary N) is 1. The summed E-state index contributed by atoms with van der Waals surface area (Å²) in [5.74, 6) is 1.81. The molecule has 0 unspecified atom stereocenters. The molecule has 0 atom stereocenters. The van der Waals surface area contributed by atoms with Gasteiger partial charge in [-0.15, -0.1) is 11.8 Å². The molecule has 19 heavy (non-hydrogen) atoms. The summed E-state index contributed by atoms with van der Waals surface area (Å²) in [5.41, 5.74) is 10.0. The molecule has 0 spiro atoms. The van der Waals surface area contributed by atoms with E-state index in [2.05, 4.69) is 23.0 Å². The van der Waals surface area contributed by atoms with Gasteiger partial charge in [0.15, 0.2) is 0 Å². The Balaban J connectivity index is 1.80. The highest BCUT2D eigenvalue weighted by molar-refractivity contribution is 7.98. The number of thioether (sulfide) groups is 1. The molecule has 3 nitrogen and oxygen atoms in total. The van der Waals surface area contributed by atoms with Crippen molar-refractivity contribution in [2.75, 3.05) is 5.73 Å². The van der Waals surface area contributed by atoms with Gasteiger partial charge < -0.3 is 10.7 Å². The summed E-state index contributed by atoms with van der Waals surface area (Å²) in [7, 11) is 0. The maximum absolute atomic E-state index is 5.91. The van der Waals surface area contributed by atoms with Crippen LogP contribution in [0.15, 0.2) is 47.4 Å². The molecule has 0 aliphatic carbocycles. The molecule has 0 aliphatic rings. The fourth-order valence-electron chi connectivity index (χ4n) is 2.01. The molecule has 3 N–H and O–H groups in total. The number of nitrogen functional groups attached to an aromatic ring is 1. The Kier molecular flexibility index (Phi) is 3.17. The molecule has 3 rings (SSSR count). The number of anilines is 1. The Labute approximate surface area is 116 Å². The fourth-order valence-corrected chi connectivity index (χ4v) is 2.95. The molecule has 0 radical (unpaired) electrons. The predicted octanol–water partition coefficient (Wildman–Crippen LogP) is 3.75. The van der Waals surface area contributed by atoms with Crippen molar-refractivity contribution in [3.8, 4) is 0 Å². The zero-order valence-corrected chi connectivity index (χ0v) is 11.5. The van der Waals surface area contributed by atoms with Crippen LogP contribution in [0.2, 0.25) is 0 Å². The van der Waals surface area contributed by atoms with E-state index in [-0.39, 0.29) is 0 Å². The van der Waals surface area contributed by atoms with Crippen LogP contribution >= 0.6 is 11.8 Å². The van der Waals surface area contributed by atoms with Crippen LogP contribution < -0.4 is 5.73 Å². The third-order valence-electron chi connectivity index (χ3n) is 3.13. The Morgan fingerprint density at radius 2 is 2.00 bits per heavy atom. The third kappa shape index (κ3) is 2.44. The molecule has 0 fully saturated rings. The molecule has 0 aliphatic heterocycles. The van der Waals surface area contributed by atoms with E-state index in [0.29, 0.717) is 0 Å². The van der Waals surface area contributed by atoms with Gasteiger partial charge in [0.25, 0.3) is 0 Å². The lowest BCUT2D eigenvalue weighted by molar-refractivity contribution is 1.14. The Hall–Kier alpha value is -1.94. The second-order valence-corrected chi connectivity index (χ2v) is 5.48. The van der Waals surface area contributed by atoms with Gasteiger partial charge in [-0.3, -0.25) is 0 Å². The first-order valence-electron chi connectivity index (χ1n) is 6.15. The number of aromatic amines is 1. The Morgan fingerprint density at radius 3 is 2.84 bits per heavy atom. The number of rotatable bonds is 3. The van der Waals surface area contributed by atoms with E-state index in [1.54, 1.807) is 11.8 Å². The van der Waals surface area contributed by atoms with E-state index in [1.807, 2.05) is 36.4 Å². The lowest BCUT2D eigenvalue weighted by atomic mass is 10.2. The SMILES string of the molecule is Cc1c(N)cccc1SCc1nc2ccccc2[nH]1. The first-order chi connectivity index (χ1) is 9.24. The first kappa shape index (κ1) is 12.1. The standard InChI is InChI=1S/C15H15N3S/c1-10-11(16)5-4-8-14(10)19-9-15-17-12-6-2-3-7-13(12)18-15/h2-8H,9,16H2,1H3,(H,17,18). The molecule has 4 heteroatoms. The van der Waals surface area contributed by atoms with Gasteiger partial charge in [0.05, 0.1) is 16.8 Å². The van der Waals surface area contributed by atoms with Gasteiger partial charge >= 0.3 is 0 Å². The van der Waals surface area contributed by atoms with E-state index in [9.17, 15) is 0 Å². The van der Waals surface area contributed by atoms with E-state index in [0.717, 1.165) is 33.9 Å². The van der Waals surface area contributed by atoms with Crippen molar-refractivity contribution in [1.82, 2.24) is 9.97 Å². The van der Waals surface area contributed by atoms with Crippen LogP contribution in [0.5, 0.6) is 0 Å². The number of H-pyrrole nitrogens is 1. The van der Waals surface area contributed by atoms with Crippen molar-refractivity contribution in [3.05, 3.63) is 53.9 Å². The summed E-state index contributed by atoms with van der Waals surface area (Å²) in [5, 5.41) is 0. The number of nitrogens with one attached hydrogen (secondary N) is 1. The second kappa shape index (κ2) is 4.97. The van der Waals surface area contributed by atoms with Gasteiger partial charge in [-0.1, -0.05) is 18.2 Å². The summed E-state index contributed by atoms with van der Waals surface area (Å²) < 4.78 is 0. The van der Waals surface area contributed by atoms with Gasteiger partial charge in [-0.2, -0.15) is 0 Å². The fraction of sp³-hybridized carbons (Fsp3) is 0.133. The Bertz CT molecular complexity index is 685. The summed E-state index contributed by atoms with van der Waals surface area (Å²) in [6.07, 6.45) is 0. The lowest BCUT2D eigenvalue weighted by Crippen LogP contribution is -1.91. The van der Waals surface area contributed by atoms with Gasteiger partial charge in [0, 0.05) is 10.6 Å². The second-order valence-electron chi connectivity index (χ2n) is 4.46. The van der Waals surface area contributed by atoms with Crippen LogP contribution in [-0.2, 0) is 5.75 Å². The van der Waals surface area contributed by atoms with Gasteiger partial charge in [0.1, 0.15) is 5.82 Å². The van der Waals surface area contributed by atoms with Crippen molar-refractivity contribution >= 4 is 28.5 Å². The quantitative estimate of drug-likeness (QED) is 0.562. The van der Waals surface area contributed by atoms with Crippen LogP contribution in [0.4, 0.5) is 5.69 Å². The average Bonchev–Trinajstić information content (AvgIpc) is 2.83. The summed E-state index contributed by atoms with van der Waals surface area (Å²) in [6.45, 7) is 2.05. The molecular weight excluding hydrogens is 254 g/mol. The van der Waals surface area contributed by atoms with E-state index in [1.165, 1.54) is 4.90 Å². The maximum Gasteiger partial charge on any atom is 0.117 e. The summed E-state index contributed by atoms with van der Waals surface area (Å²) in [6, 6.07) is 14.1.